The molecule has 0 bridgehead atoms. The summed E-state index contributed by atoms with van der Waals surface area (Å²) in [5.74, 6) is -0.289. The molecule has 2 rings (SSSR count). The van der Waals surface area contributed by atoms with Crippen LogP contribution < -0.4 is 10.1 Å². The molecule has 21 heavy (non-hydrogen) atoms. The number of carbonyl (C=O) groups excluding carboxylic acids is 1. The van der Waals surface area contributed by atoms with Gasteiger partial charge in [0.2, 0.25) is 5.88 Å². The van der Waals surface area contributed by atoms with Gasteiger partial charge in [-0.1, -0.05) is 0 Å². The van der Waals surface area contributed by atoms with Gasteiger partial charge in [-0.3, -0.25) is 4.79 Å². The van der Waals surface area contributed by atoms with Gasteiger partial charge in [0.25, 0.3) is 12.3 Å². The Labute approximate surface area is 121 Å². The van der Waals surface area contributed by atoms with Crippen molar-refractivity contribution in [3.63, 3.8) is 0 Å². The number of aromatic nitrogens is 1. The number of alkyl halides is 2. The fraction of sp³-hybridized carbons (Fsp3) is 0.571. The molecule has 1 aromatic heterocycles. The molecular weight excluding hydrogens is 282 g/mol. The van der Waals surface area contributed by atoms with Crippen LogP contribution in [0.5, 0.6) is 5.88 Å². The van der Waals surface area contributed by atoms with Crippen molar-refractivity contribution in [2.45, 2.75) is 44.3 Å². The van der Waals surface area contributed by atoms with Crippen LogP contribution in [0.2, 0.25) is 0 Å². The lowest BCUT2D eigenvalue weighted by Gasteiger charge is -2.26. The van der Waals surface area contributed by atoms with Gasteiger partial charge in [-0.25, -0.2) is 13.8 Å². The van der Waals surface area contributed by atoms with E-state index in [-0.39, 0.29) is 23.9 Å². The zero-order chi connectivity index (χ0) is 15.2. The molecule has 1 aliphatic carbocycles. The fourth-order valence-electron chi connectivity index (χ4n) is 2.27. The molecule has 1 fully saturated rings. The fourth-order valence-corrected chi connectivity index (χ4v) is 2.27. The molecule has 0 aromatic carbocycles. The van der Waals surface area contributed by atoms with Gasteiger partial charge in [0.1, 0.15) is 0 Å². The molecule has 0 atom stereocenters. The zero-order valence-electron chi connectivity index (χ0n) is 11.5. The highest BCUT2D eigenvalue weighted by atomic mass is 19.3. The van der Waals surface area contributed by atoms with E-state index in [1.54, 1.807) is 0 Å². The van der Waals surface area contributed by atoms with Crippen LogP contribution in [-0.2, 0) is 0 Å². The maximum absolute atomic E-state index is 12.1. The van der Waals surface area contributed by atoms with Crippen LogP contribution in [0, 0.1) is 0 Å². The maximum atomic E-state index is 12.1. The van der Waals surface area contributed by atoms with E-state index in [0.717, 1.165) is 12.8 Å². The first kappa shape index (κ1) is 15.6. The molecule has 0 spiro atoms. The molecule has 0 saturated heterocycles. The van der Waals surface area contributed by atoms with E-state index in [4.69, 9.17) is 4.74 Å². The Hall–Kier alpha value is -1.76. The number of rotatable bonds is 5. The minimum Gasteiger partial charge on any atom is -0.472 e. The highest BCUT2D eigenvalue weighted by Gasteiger charge is 2.21. The highest BCUT2D eigenvalue weighted by molar-refractivity contribution is 5.94. The Morgan fingerprint density at radius 1 is 1.43 bits per heavy atom. The zero-order valence-corrected chi connectivity index (χ0v) is 11.5. The smallest absolute Gasteiger partial charge is 0.272 e. The number of amides is 1. The molecule has 0 aliphatic heterocycles. The summed E-state index contributed by atoms with van der Waals surface area (Å²) in [6.45, 7) is -0.751. The minimum absolute atomic E-state index is 0.00187. The number of aliphatic hydroxyl groups is 1. The maximum Gasteiger partial charge on any atom is 0.272 e. The first-order valence-corrected chi connectivity index (χ1v) is 6.90. The number of aliphatic hydroxyl groups excluding tert-OH is 1. The van der Waals surface area contributed by atoms with Gasteiger partial charge in [-0.15, -0.1) is 0 Å². The molecule has 0 radical (unpaired) electrons. The van der Waals surface area contributed by atoms with E-state index in [2.05, 4.69) is 10.3 Å². The third kappa shape index (κ3) is 4.93. The number of ether oxygens (including phenoxy) is 1. The Morgan fingerprint density at radius 3 is 2.81 bits per heavy atom. The van der Waals surface area contributed by atoms with Gasteiger partial charge < -0.3 is 15.2 Å². The van der Waals surface area contributed by atoms with Crippen LogP contribution in [0.25, 0.3) is 0 Å². The summed E-state index contributed by atoms with van der Waals surface area (Å²) in [6, 6.07) is 2.87. The van der Waals surface area contributed by atoms with Gasteiger partial charge in [-0.2, -0.15) is 0 Å². The van der Waals surface area contributed by atoms with E-state index in [1.807, 2.05) is 0 Å². The molecule has 2 N–H and O–H groups in total. The second-order valence-electron chi connectivity index (χ2n) is 5.06. The standard InChI is InChI=1S/C14H18F2N2O3/c15-12(16)8-21-13-7-9(5-6-17-13)14(20)18-10-1-3-11(19)4-2-10/h5-7,10-12,19H,1-4,8H2,(H,18,20). The molecule has 0 unspecified atom stereocenters. The number of nitrogens with zero attached hydrogens (tertiary/aromatic N) is 1. The first-order chi connectivity index (χ1) is 10.0. The van der Waals surface area contributed by atoms with Crippen molar-refractivity contribution in [1.82, 2.24) is 10.3 Å². The van der Waals surface area contributed by atoms with E-state index in [0.29, 0.717) is 18.4 Å². The molecule has 1 aromatic rings. The summed E-state index contributed by atoms with van der Waals surface area (Å²) in [5.41, 5.74) is 0.320. The van der Waals surface area contributed by atoms with Crippen molar-refractivity contribution in [3.8, 4) is 5.88 Å². The van der Waals surface area contributed by atoms with Crippen molar-refractivity contribution >= 4 is 5.91 Å². The Morgan fingerprint density at radius 2 is 2.14 bits per heavy atom. The molecule has 5 nitrogen and oxygen atoms in total. The number of hydrogen-bond acceptors (Lipinski definition) is 4. The van der Waals surface area contributed by atoms with Crippen molar-refractivity contribution in [1.29, 1.82) is 0 Å². The van der Waals surface area contributed by atoms with Crippen LogP contribution in [-0.4, -0.2) is 41.2 Å². The number of pyridine rings is 1. The average molecular weight is 300 g/mol. The van der Waals surface area contributed by atoms with Gasteiger partial charge in [0, 0.05) is 23.9 Å². The van der Waals surface area contributed by atoms with Crippen LogP contribution in [0.1, 0.15) is 36.0 Å². The molecule has 116 valence electrons. The van der Waals surface area contributed by atoms with Gasteiger partial charge in [0.05, 0.1) is 6.10 Å². The summed E-state index contributed by atoms with van der Waals surface area (Å²) < 4.78 is 28.9. The third-order valence-electron chi connectivity index (χ3n) is 3.39. The summed E-state index contributed by atoms with van der Waals surface area (Å²) in [5, 5.41) is 12.3. The van der Waals surface area contributed by atoms with Gasteiger partial charge in [0.15, 0.2) is 6.61 Å². The Bertz CT molecular complexity index is 477. The third-order valence-corrected chi connectivity index (χ3v) is 3.39. The Kier molecular flexibility index (Phi) is 5.44. The minimum atomic E-state index is -2.59. The van der Waals surface area contributed by atoms with Crippen LogP contribution in [0.3, 0.4) is 0 Å². The number of hydrogen-bond donors (Lipinski definition) is 2. The van der Waals surface area contributed by atoms with Crippen molar-refractivity contribution < 1.29 is 23.4 Å². The lowest BCUT2D eigenvalue weighted by atomic mass is 9.93. The first-order valence-electron chi connectivity index (χ1n) is 6.90. The Balaban J connectivity index is 1.91. The largest absolute Gasteiger partial charge is 0.472 e. The summed E-state index contributed by atoms with van der Waals surface area (Å²) in [6.07, 6.45) is 1.28. The van der Waals surface area contributed by atoms with Crippen LogP contribution in [0.4, 0.5) is 8.78 Å². The molecule has 1 heterocycles. The van der Waals surface area contributed by atoms with Gasteiger partial charge in [-0.05, 0) is 31.7 Å². The predicted octanol–water partition coefficient (Wildman–Crippen LogP) is 1.76. The van der Waals surface area contributed by atoms with Crippen molar-refractivity contribution in [2.75, 3.05) is 6.61 Å². The number of halogens is 2. The number of nitrogens with one attached hydrogen (secondary N) is 1. The average Bonchev–Trinajstić information content (AvgIpc) is 2.48. The highest BCUT2D eigenvalue weighted by Crippen LogP contribution is 2.19. The lowest BCUT2D eigenvalue weighted by Crippen LogP contribution is -2.38. The van der Waals surface area contributed by atoms with Crippen molar-refractivity contribution in [2.24, 2.45) is 0 Å². The predicted molar refractivity (Wildman–Crippen MR) is 71.5 cm³/mol. The van der Waals surface area contributed by atoms with Crippen molar-refractivity contribution in [3.05, 3.63) is 23.9 Å². The summed E-state index contributed by atoms with van der Waals surface area (Å²) >= 11 is 0. The van der Waals surface area contributed by atoms with E-state index < -0.39 is 13.0 Å². The second kappa shape index (κ2) is 7.31. The topological polar surface area (TPSA) is 71.5 Å². The van der Waals surface area contributed by atoms with E-state index in [1.165, 1.54) is 18.3 Å². The lowest BCUT2D eigenvalue weighted by molar-refractivity contribution is 0.0793. The van der Waals surface area contributed by atoms with Crippen LogP contribution in [0.15, 0.2) is 18.3 Å². The van der Waals surface area contributed by atoms with E-state index in [9.17, 15) is 18.7 Å². The number of carbonyl (C=O) groups is 1. The van der Waals surface area contributed by atoms with Gasteiger partial charge >= 0.3 is 0 Å². The molecule has 1 aliphatic rings. The molecule has 7 heteroatoms. The molecular formula is C14H18F2N2O3. The van der Waals surface area contributed by atoms with Crippen LogP contribution >= 0.6 is 0 Å². The quantitative estimate of drug-likeness (QED) is 0.869. The summed E-state index contributed by atoms with van der Waals surface area (Å²) in [7, 11) is 0. The monoisotopic (exact) mass is 300 g/mol. The SMILES string of the molecule is O=C(NC1CCC(O)CC1)c1ccnc(OCC(F)F)c1. The molecule has 1 saturated carbocycles. The summed E-state index contributed by atoms with van der Waals surface area (Å²) in [4.78, 5) is 15.9. The second-order valence-corrected chi connectivity index (χ2v) is 5.06. The molecule has 1 amide bonds. The van der Waals surface area contributed by atoms with E-state index >= 15 is 0 Å². The normalized spacial score (nSPS) is 22.1.